The minimum atomic E-state index is -0.619. The highest BCUT2D eigenvalue weighted by atomic mass is 16.5. The summed E-state index contributed by atoms with van der Waals surface area (Å²) in [4.78, 5) is 27.3. The average Bonchev–Trinajstić information content (AvgIpc) is 2.50. The molecule has 1 heterocycles. The third-order valence-electron chi connectivity index (χ3n) is 3.09. The third kappa shape index (κ3) is 3.89. The highest BCUT2D eigenvalue weighted by Gasteiger charge is 2.11. The van der Waals surface area contributed by atoms with Crippen LogP contribution in [0.25, 0.3) is 0 Å². The summed E-state index contributed by atoms with van der Waals surface area (Å²) in [6, 6.07) is 10.5. The summed E-state index contributed by atoms with van der Waals surface area (Å²) in [6.45, 7) is 3.54. The molecule has 21 heavy (non-hydrogen) atoms. The Bertz CT molecular complexity index is 654. The van der Waals surface area contributed by atoms with Gasteiger partial charge >= 0.3 is 5.97 Å². The molecule has 0 fully saturated rings. The first-order valence-corrected chi connectivity index (χ1v) is 6.52. The van der Waals surface area contributed by atoms with Crippen LogP contribution in [0.4, 0.5) is 5.69 Å². The van der Waals surface area contributed by atoms with Crippen molar-refractivity contribution in [3.05, 3.63) is 59.4 Å². The number of hydrogen-bond donors (Lipinski definition) is 1. The summed E-state index contributed by atoms with van der Waals surface area (Å²) in [5, 5.41) is 2.72. The standard InChI is InChI=1S/C16H16N2O3/c1-11-6-5-8-13(12(11)2)18-15(19)10-21-16(20)14-7-3-4-9-17-14/h3-9H,10H2,1-2H3,(H,18,19). The van der Waals surface area contributed by atoms with E-state index in [4.69, 9.17) is 4.74 Å². The molecule has 1 N–H and O–H groups in total. The van der Waals surface area contributed by atoms with Crippen molar-refractivity contribution in [1.82, 2.24) is 4.98 Å². The van der Waals surface area contributed by atoms with Crippen molar-refractivity contribution in [2.24, 2.45) is 0 Å². The lowest BCUT2D eigenvalue weighted by atomic mass is 10.1. The molecule has 0 saturated heterocycles. The molecule has 5 heteroatoms. The van der Waals surface area contributed by atoms with E-state index in [-0.39, 0.29) is 18.2 Å². The van der Waals surface area contributed by atoms with Gasteiger partial charge in [-0.05, 0) is 43.2 Å². The van der Waals surface area contributed by atoms with Gasteiger partial charge in [0.1, 0.15) is 5.69 Å². The van der Waals surface area contributed by atoms with E-state index in [0.717, 1.165) is 11.1 Å². The van der Waals surface area contributed by atoms with Crippen LogP contribution in [0, 0.1) is 13.8 Å². The van der Waals surface area contributed by atoms with Gasteiger partial charge in [-0.2, -0.15) is 0 Å². The first-order valence-electron chi connectivity index (χ1n) is 6.52. The van der Waals surface area contributed by atoms with Gasteiger partial charge in [-0.15, -0.1) is 0 Å². The number of nitrogens with zero attached hydrogens (tertiary/aromatic N) is 1. The maximum Gasteiger partial charge on any atom is 0.357 e. The first-order chi connectivity index (χ1) is 10.1. The maximum atomic E-state index is 11.8. The third-order valence-corrected chi connectivity index (χ3v) is 3.09. The van der Waals surface area contributed by atoms with E-state index in [2.05, 4.69) is 10.3 Å². The number of nitrogens with one attached hydrogen (secondary N) is 1. The van der Waals surface area contributed by atoms with Crippen LogP contribution in [0.15, 0.2) is 42.6 Å². The van der Waals surface area contributed by atoms with Crippen LogP contribution < -0.4 is 5.32 Å². The molecular weight excluding hydrogens is 268 g/mol. The molecule has 0 atom stereocenters. The highest BCUT2D eigenvalue weighted by Crippen LogP contribution is 2.17. The van der Waals surface area contributed by atoms with Crippen molar-refractivity contribution in [3.8, 4) is 0 Å². The molecule has 0 saturated carbocycles. The van der Waals surface area contributed by atoms with Crippen molar-refractivity contribution >= 4 is 17.6 Å². The van der Waals surface area contributed by atoms with Crippen molar-refractivity contribution in [2.45, 2.75) is 13.8 Å². The second-order valence-corrected chi connectivity index (χ2v) is 4.59. The van der Waals surface area contributed by atoms with Crippen molar-refractivity contribution in [3.63, 3.8) is 0 Å². The number of benzene rings is 1. The summed E-state index contributed by atoms with van der Waals surface area (Å²) >= 11 is 0. The minimum Gasteiger partial charge on any atom is -0.451 e. The van der Waals surface area contributed by atoms with E-state index in [1.54, 1.807) is 18.2 Å². The molecule has 0 aliphatic carbocycles. The lowest BCUT2D eigenvalue weighted by Crippen LogP contribution is -2.21. The molecule has 2 rings (SSSR count). The Hall–Kier alpha value is -2.69. The molecule has 0 aliphatic heterocycles. The molecular formula is C16H16N2O3. The second-order valence-electron chi connectivity index (χ2n) is 4.59. The summed E-state index contributed by atoms with van der Waals surface area (Å²) in [5.41, 5.74) is 2.96. The summed E-state index contributed by atoms with van der Waals surface area (Å²) in [7, 11) is 0. The number of pyridine rings is 1. The molecule has 0 spiro atoms. The molecule has 0 radical (unpaired) electrons. The molecule has 0 bridgehead atoms. The van der Waals surface area contributed by atoms with Gasteiger partial charge in [0.2, 0.25) is 0 Å². The molecule has 0 aliphatic rings. The minimum absolute atomic E-state index is 0.178. The van der Waals surface area contributed by atoms with Crippen LogP contribution in [0.1, 0.15) is 21.6 Å². The fourth-order valence-electron chi connectivity index (χ4n) is 1.76. The Labute approximate surface area is 123 Å². The zero-order chi connectivity index (χ0) is 15.2. The number of hydrogen-bond acceptors (Lipinski definition) is 4. The Balaban J connectivity index is 1.91. The van der Waals surface area contributed by atoms with E-state index < -0.39 is 5.97 Å². The molecule has 5 nitrogen and oxygen atoms in total. The van der Waals surface area contributed by atoms with Crippen LogP contribution in [0.3, 0.4) is 0 Å². The van der Waals surface area contributed by atoms with Gasteiger partial charge < -0.3 is 10.1 Å². The molecule has 1 aromatic heterocycles. The number of carbonyl (C=O) groups excluding carboxylic acids is 2. The fourth-order valence-corrected chi connectivity index (χ4v) is 1.76. The van der Waals surface area contributed by atoms with E-state index in [0.29, 0.717) is 5.69 Å². The van der Waals surface area contributed by atoms with Gasteiger partial charge in [-0.1, -0.05) is 18.2 Å². The Morgan fingerprint density at radius 1 is 1.14 bits per heavy atom. The number of aryl methyl sites for hydroxylation is 1. The number of aromatic nitrogens is 1. The molecule has 2 aromatic rings. The number of esters is 1. The first kappa shape index (κ1) is 14.7. The number of anilines is 1. The highest BCUT2D eigenvalue weighted by molar-refractivity contribution is 5.95. The smallest absolute Gasteiger partial charge is 0.357 e. The quantitative estimate of drug-likeness (QED) is 0.876. The molecule has 0 unspecified atom stereocenters. The van der Waals surface area contributed by atoms with E-state index in [1.807, 2.05) is 26.0 Å². The van der Waals surface area contributed by atoms with Gasteiger partial charge in [-0.3, -0.25) is 4.79 Å². The normalized spacial score (nSPS) is 10.0. The van der Waals surface area contributed by atoms with Gasteiger partial charge in [0.25, 0.3) is 5.91 Å². The monoisotopic (exact) mass is 284 g/mol. The van der Waals surface area contributed by atoms with Crippen LogP contribution in [-0.4, -0.2) is 23.5 Å². The van der Waals surface area contributed by atoms with Crippen molar-refractivity contribution in [2.75, 3.05) is 11.9 Å². The maximum absolute atomic E-state index is 11.8. The van der Waals surface area contributed by atoms with Crippen LogP contribution in [0.2, 0.25) is 0 Å². The number of carbonyl (C=O) groups is 2. The lowest BCUT2D eigenvalue weighted by Gasteiger charge is -2.10. The van der Waals surface area contributed by atoms with Crippen molar-refractivity contribution in [1.29, 1.82) is 0 Å². The van der Waals surface area contributed by atoms with Crippen LogP contribution >= 0.6 is 0 Å². The van der Waals surface area contributed by atoms with E-state index >= 15 is 0 Å². The number of ether oxygens (including phenoxy) is 1. The van der Waals surface area contributed by atoms with Crippen LogP contribution in [-0.2, 0) is 9.53 Å². The Morgan fingerprint density at radius 3 is 2.67 bits per heavy atom. The summed E-state index contributed by atoms with van der Waals surface area (Å²) in [5.74, 6) is -1.00. The molecule has 108 valence electrons. The summed E-state index contributed by atoms with van der Waals surface area (Å²) < 4.78 is 4.92. The molecule has 1 aromatic carbocycles. The zero-order valence-electron chi connectivity index (χ0n) is 11.9. The van der Waals surface area contributed by atoms with E-state index in [9.17, 15) is 9.59 Å². The molecule has 1 amide bonds. The number of amides is 1. The SMILES string of the molecule is Cc1cccc(NC(=O)COC(=O)c2ccccn2)c1C. The Morgan fingerprint density at radius 2 is 1.95 bits per heavy atom. The largest absolute Gasteiger partial charge is 0.451 e. The van der Waals surface area contributed by atoms with Gasteiger partial charge in [0, 0.05) is 11.9 Å². The van der Waals surface area contributed by atoms with Gasteiger partial charge in [0.15, 0.2) is 6.61 Å². The average molecular weight is 284 g/mol. The van der Waals surface area contributed by atoms with Gasteiger partial charge in [0.05, 0.1) is 0 Å². The van der Waals surface area contributed by atoms with E-state index in [1.165, 1.54) is 12.3 Å². The second kappa shape index (κ2) is 6.65. The number of rotatable bonds is 4. The summed E-state index contributed by atoms with van der Waals surface area (Å²) in [6.07, 6.45) is 1.49. The zero-order valence-corrected chi connectivity index (χ0v) is 11.9. The Kier molecular flexibility index (Phi) is 4.66. The van der Waals surface area contributed by atoms with Crippen LogP contribution in [0.5, 0.6) is 0 Å². The van der Waals surface area contributed by atoms with Crippen molar-refractivity contribution < 1.29 is 14.3 Å². The topological polar surface area (TPSA) is 68.3 Å². The lowest BCUT2D eigenvalue weighted by molar-refractivity contribution is -0.119. The fraction of sp³-hybridized carbons (Fsp3) is 0.188. The predicted molar refractivity (Wildman–Crippen MR) is 79.1 cm³/mol. The van der Waals surface area contributed by atoms with Gasteiger partial charge in [-0.25, -0.2) is 9.78 Å². The predicted octanol–water partition coefficient (Wildman–Crippen LogP) is 2.49.